The summed E-state index contributed by atoms with van der Waals surface area (Å²) in [5.41, 5.74) is 0. The predicted molar refractivity (Wildman–Crippen MR) is 77.5 cm³/mol. The van der Waals surface area contributed by atoms with Crippen molar-refractivity contribution in [2.75, 3.05) is 40.0 Å². The molecule has 4 heteroatoms. The zero-order valence-electron chi connectivity index (χ0n) is 12.6. The Morgan fingerprint density at radius 3 is 3.00 bits per heavy atom. The molecule has 0 aromatic carbocycles. The Balaban J connectivity index is 1.43. The van der Waals surface area contributed by atoms with Gasteiger partial charge in [0.05, 0.1) is 12.7 Å². The largest absolute Gasteiger partial charge is 0.379 e. The van der Waals surface area contributed by atoms with E-state index in [9.17, 15) is 0 Å². The lowest BCUT2D eigenvalue weighted by atomic mass is 9.99. The van der Waals surface area contributed by atoms with Crippen LogP contribution in [0.4, 0.5) is 0 Å². The number of ether oxygens (including phenoxy) is 2. The average molecular weight is 270 g/mol. The van der Waals surface area contributed by atoms with Gasteiger partial charge in [0.2, 0.25) is 0 Å². The highest BCUT2D eigenvalue weighted by Crippen LogP contribution is 2.15. The number of likely N-dealkylation sites (tertiary alicyclic amines) is 1. The zero-order valence-corrected chi connectivity index (χ0v) is 12.6. The van der Waals surface area contributed by atoms with Crippen molar-refractivity contribution in [1.82, 2.24) is 10.2 Å². The quantitative estimate of drug-likeness (QED) is 0.713. The third-order valence-corrected chi connectivity index (χ3v) is 4.43. The molecule has 2 aliphatic rings. The van der Waals surface area contributed by atoms with Crippen molar-refractivity contribution in [2.24, 2.45) is 0 Å². The molecule has 3 atom stereocenters. The second-order valence-corrected chi connectivity index (χ2v) is 6.07. The fraction of sp³-hybridized carbons (Fsp3) is 1.00. The van der Waals surface area contributed by atoms with Crippen LogP contribution in [0.25, 0.3) is 0 Å². The second kappa shape index (κ2) is 8.20. The Morgan fingerprint density at radius 2 is 2.26 bits per heavy atom. The summed E-state index contributed by atoms with van der Waals surface area (Å²) in [5, 5.41) is 3.66. The average Bonchev–Trinajstić information content (AvgIpc) is 2.91. The van der Waals surface area contributed by atoms with Crippen molar-refractivity contribution in [1.29, 1.82) is 0 Å². The van der Waals surface area contributed by atoms with E-state index in [-0.39, 0.29) is 0 Å². The molecule has 0 aliphatic carbocycles. The van der Waals surface area contributed by atoms with Crippen LogP contribution in [0.3, 0.4) is 0 Å². The first-order valence-electron chi connectivity index (χ1n) is 7.88. The van der Waals surface area contributed by atoms with Gasteiger partial charge in [0, 0.05) is 25.3 Å². The summed E-state index contributed by atoms with van der Waals surface area (Å²) in [6, 6.07) is 1.41. The molecule has 0 amide bonds. The van der Waals surface area contributed by atoms with Gasteiger partial charge in [-0.25, -0.2) is 0 Å². The highest BCUT2D eigenvalue weighted by Gasteiger charge is 2.21. The van der Waals surface area contributed by atoms with E-state index in [4.69, 9.17) is 9.47 Å². The SMILES string of the molecule is CC1CC(NCCCOCC2CCCO2)CCN1C. The highest BCUT2D eigenvalue weighted by atomic mass is 16.5. The number of rotatable bonds is 7. The standard InChI is InChI=1S/C15H30N2O2/c1-13-11-14(6-8-17(13)2)16-7-4-9-18-12-15-5-3-10-19-15/h13-16H,3-12H2,1-2H3. The molecular weight excluding hydrogens is 240 g/mol. The fourth-order valence-corrected chi connectivity index (χ4v) is 2.95. The summed E-state index contributed by atoms with van der Waals surface area (Å²) < 4.78 is 11.2. The molecule has 0 aromatic rings. The molecule has 19 heavy (non-hydrogen) atoms. The first kappa shape index (κ1) is 15.2. The zero-order chi connectivity index (χ0) is 13.5. The van der Waals surface area contributed by atoms with Gasteiger partial charge in [0.25, 0.3) is 0 Å². The van der Waals surface area contributed by atoms with E-state index in [1.54, 1.807) is 0 Å². The van der Waals surface area contributed by atoms with Gasteiger partial charge in [-0.15, -0.1) is 0 Å². The van der Waals surface area contributed by atoms with Gasteiger partial charge < -0.3 is 19.7 Å². The van der Waals surface area contributed by atoms with Gasteiger partial charge in [-0.2, -0.15) is 0 Å². The molecule has 2 rings (SSSR count). The molecule has 2 heterocycles. The van der Waals surface area contributed by atoms with Crippen LogP contribution in [-0.2, 0) is 9.47 Å². The van der Waals surface area contributed by atoms with Crippen LogP contribution in [0.15, 0.2) is 0 Å². The minimum absolute atomic E-state index is 0.364. The smallest absolute Gasteiger partial charge is 0.0809 e. The van der Waals surface area contributed by atoms with Crippen LogP contribution >= 0.6 is 0 Å². The maximum Gasteiger partial charge on any atom is 0.0809 e. The maximum atomic E-state index is 5.67. The third-order valence-electron chi connectivity index (χ3n) is 4.43. The summed E-state index contributed by atoms with van der Waals surface area (Å²) >= 11 is 0. The lowest BCUT2D eigenvalue weighted by molar-refractivity contribution is 0.0163. The van der Waals surface area contributed by atoms with Gasteiger partial charge in [-0.3, -0.25) is 0 Å². The molecule has 0 saturated carbocycles. The number of hydrogen-bond donors (Lipinski definition) is 1. The van der Waals surface area contributed by atoms with Gasteiger partial charge in [0.15, 0.2) is 0 Å². The van der Waals surface area contributed by atoms with E-state index in [1.165, 1.54) is 32.2 Å². The molecule has 3 unspecified atom stereocenters. The lowest BCUT2D eigenvalue weighted by Crippen LogP contribution is -2.45. The van der Waals surface area contributed by atoms with Gasteiger partial charge in [0.1, 0.15) is 0 Å². The van der Waals surface area contributed by atoms with Crippen LogP contribution < -0.4 is 5.32 Å². The molecule has 0 aromatic heterocycles. The fourth-order valence-electron chi connectivity index (χ4n) is 2.95. The van der Waals surface area contributed by atoms with E-state index in [1.807, 2.05) is 0 Å². The summed E-state index contributed by atoms with van der Waals surface area (Å²) in [4.78, 5) is 2.45. The Hall–Kier alpha value is -0.160. The van der Waals surface area contributed by atoms with Crippen LogP contribution in [0.2, 0.25) is 0 Å². The molecular formula is C15H30N2O2. The third kappa shape index (κ3) is 5.38. The first-order valence-corrected chi connectivity index (χ1v) is 7.88. The summed E-state index contributed by atoms with van der Waals surface area (Å²) in [5.74, 6) is 0. The number of nitrogens with one attached hydrogen (secondary N) is 1. The van der Waals surface area contributed by atoms with Crippen molar-refractivity contribution < 1.29 is 9.47 Å². The Labute approximate surface area is 117 Å². The Bertz CT molecular complexity index is 244. The Kier molecular flexibility index (Phi) is 6.57. The van der Waals surface area contributed by atoms with E-state index in [0.29, 0.717) is 18.2 Å². The number of piperidine rings is 1. The minimum Gasteiger partial charge on any atom is -0.379 e. The van der Waals surface area contributed by atoms with Gasteiger partial charge in [-0.1, -0.05) is 0 Å². The van der Waals surface area contributed by atoms with Gasteiger partial charge >= 0.3 is 0 Å². The van der Waals surface area contributed by atoms with Crippen LogP contribution in [-0.4, -0.2) is 63.0 Å². The summed E-state index contributed by atoms with van der Waals surface area (Å²) in [6.07, 6.45) is 6.39. The molecule has 0 spiro atoms. The van der Waals surface area contributed by atoms with E-state index < -0.39 is 0 Å². The molecule has 112 valence electrons. The van der Waals surface area contributed by atoms with Crippen molar-refractivity contribution in [2.45, 2.75) is 57.2 Å². The second-order valence-electron chi connectivity index (χ2n) is 6.07. The minimum atomic E-state index is 0.364. The van der Waals surface area contributed by atoms with E-state index in [2.05, 4.69) is 24.2 Å². The lowest BCUT2D eigenvalue weighted by Gasteiger charge is -2.35. The van der Waals surface area contributed by atoms with Crippen LogP contribution in [0.5, 0.6) is 0 Å². The number of nitrogens with zero attached hydrogens (tertiary/aromatic N) is 1. The van der Waals surface area contributed by atoms with Crippen molar-refractivity contribution in [3.63, 3.8) is 0 Å². The van der Waals surface area contributed by atoms with Crippen molar-refractivity contribution >= 4 is 0 Å². The van der Waals surface area contributed by atoms with E-state index >= 15 is 0 Å². The molecule has 4 nitrogen and oxygen atoms in total. The van der Waals surface area contributed by atoms with Crippen molar-refractivity contribution in [3.05, 3.63) is 0 Å². The predicted octanol–water partition coefficient (Wildman–Crippen LogP) is 1.64. The summed E-state index contributed by atoms with van der Waals surface area (Å²) in [7, 11) is 2.22. The molecule has 1 N–H and O–H groups in total. The molecule has 0 bridgehead atoms. The highest BCUT2D eigenvalue weighted by molar-refractivity contribution is 4.80. The maximum absolute atomic E-state index is 5.67. The topological polar surface area (TPSA) is 33.7 Å². The Morgan fingerprint density at radius 1 is 1.37 bits per heavy atom. The molecule has 2 fully saturated rings. The first-order chi connectivity index (χ1) is 9.25. The monoisotopic (exact) mass is 270 g/mol. The molecule has 2 saturated heterocycles. The van der Waals surface area contributed by atoms with Crippen LogP contribution in [0.1, 0.15) is 39.0 Å². The van der Waals surface area contributed by atoms with Crippen LogP contribution in [0, 0.1) is 0 Å². The van der Waals surface area contributed by atoms with Gasteiger partial charge in [-0.05, 0) is 59.2 Å². The normalized spacial score (nSPS) is 32.8. The molecule has 0 radical (unpaired) electrons. The molecule has 2 aliphatic heterocycles. The summed E-state index contributed by atoms with van der Waals surface area (Å²) in [6.45, 7) is 7.17. The van der Waals surface area contributed by atoms with E-state index in [0.717, 1.165) is 32.8 Å². The van der Waals surface area contributed by atoms with Crippen molar-refractivity contribution in [3.8, 4) is 0 Å². The number of hydrogen-bond acceptors (Lipinski definition) is 4.